The third-order valence-electron chi connectivity index (χ3n) is 2.84. The molecule has 1 atom stereocenters. The number of rotatable bonds is 1. The van der Waals surface area contributed by atoms with Crippen LogP contribution in [0.3, 0.4) is 0 Å². The van der Waals surface area contributed by atoms with Gasteiger partial charge in [-0.25, -0.2) is 0 Å². The van der Waals surface area contributed by atoms with Gasteiger partial charge in [-0.1, -0.05) is 18.2 Å². The van der Waals surface area contributed by atoms with Crippen molar-refractivity contribution >= 4 is 5.69 Å². The third-order valence-corrected chi connectivity index (χ3v) is 2.84. The van der Waals surface area contributed by atoms with E-state index in [1.54, 1.807) is 0 Å². The number of nitrogens with two attached hydrogens (primary N) is 1. The van der Waals surface area contributed by atoms with Gasteiger partial charge in [-0.15, -0.1) is 0 Å². The quantitative estimate of drug-likeness (QED) is 0.731. The Hall–Kier alpha value is -1.02. The minimum Gasteiger partial charge on any atom is -0.367 e. The fraction of sp³-hybridized carbons (Fsp3) is 0.500. The minimum absolute atomic E-state index is 0.285. The molecule has 2 heteroatoms. The molecule has 0 radical (unpaired) electrons. The average molecular weight is 190 g/mol. The zero-order chi connectivity index (χ0) is 10.1. The van der Waals surface area contributed by atoms with Gasteiger partial charge in [0.25, 0.3) is 0 Å². The number of anilines is 1. The number of benzene rings is 1. The molecule has 1 aliphatic rings. The van der Waals surface area contributed by atoms with Crippen LogP contribution in [0.15, 0.2) is 24.3 Å². The van der Waals surface area contributed by atoms with E-state index in [0.717, 1.165) is 13.0 Å². The van der Waals surface area contributed by atoms with Crippen molar-refractivity contribution in [3.05, 3.63) is 29.8 Å². The second kappa shape index (κ2) is 3.62. The fourth-order valence-corrected chi connectivity index (χ4v) is 2.15. The Morgan fingerprint density at radius 2 is 2.07 bits per heavy atom. The molecule has 1 unspecified atom stereocenters. The summed E-state index contributed by atoms with van der Waals surface area (Å²) in [4.78, 5) is 2.39. The van der Waals surface area contributed by atoms with Crippen LogP contribution in [0.2, 0.25) is 0 Å². The molecule has 0 bridgehead atoms. The molecule has 0 saturated heterocycles. The van der Waals surface area contributed by atoms with Crippen molar-refractivity contribution in [2.24, 2.45) is 5.73 Å². The van der Waals surface area contributed by atoms with Crippen LogP contribution in [0.25, 0.3) is 0 Å². The third kappa shape index (κ3) is 1.62. The van der Waals surface area contributed by atoms with Crippen molar-refractivity contribution in [2.75, 3.05) is 11.4 Å². The summed E-state index contributed by atoms with van der Waals surface area (Å²) in [5, 5.41) is 0. The largest absolute Gasteiger partial charge is 0.367 e. The Morgan fingerprint density at radius 3 is 2.79 bits per heavy atom. The molecule has 0 aromatic heterocycles. The normalized spacial score (nSPS) is 21.1. The topological polar surface area (TPSA) is 29.3 Å². The van der Waals surface area contributed by atoms with Crippen molar-refractivity contribution in [3.63, 3.8) is 0 Å². The summed E-state index contributed by atoms with van der Waals surface area (Å²) in [6, 6.07) is 9.39. The SMILES string of the molecule is CC(C)N1CC(N)Cc2ccccc21. The standard InChI is InChI=1S/C12H18N2/c1-9(2)14-8-11(13)7-10-5-3-4-6-12(10)14/h3-6,9,11H,7-8,13H2,1-2H3. The molecule has 2 nitrogen and oxygen atoms in total. The van der Waals surface area contributed by atoms with Crippen molar-refractivity contribution in [1.29, 1.82) is 0 Å². The van der Waals surface area contributed by atoms with Gasteiger partial charge in [0.1, 0.15) is 0 Å². The van der Waals surface area contributed by atoms with Crippen LogP contribution in [0.1, 0.15) is 19.4 Å². The predicted octanol–water partition coefficient (Wildman–Crippen LogP) is 1.78. The molecule has 0 aliphatic carbocycles. The minimum atomic E-state index is 0.285. The fourth-order valence-electron chi connectivity index (χ4n) is 2.15. The summed E-state index contributed by atoms with van der Waals surface area (Å²) in [5.74, 6) is 0. The van der Waals surface area contributed by atoms with Gasteiger partial charge in [0.2, 0.25) is 0 Å². The molecule has 1 aliphatic heterocycles. The molecule has 1 aromatic rings. The van der Waals surface area contributed by atoms with E-state index in [2.05, 4.69) is 43.0 Å². The van der Waals surface area contributed by atoms with Gasteiger partial charge in [0.15, 0.2) is 0 Å². The monoisotopic (exact) mass is 190 g/mol. The van der Waals surface area contributed by atoms with Crippen molar-refractivity contribution in [2.45, 2.75) is 32.4 Å². The first-order chi connectivity index (χ1) is 6.68. The van der Waals surface area contributed by atoms with Gasteiger partial charge in [0.05, 0.1) is 0 Å². The Labute approximate surface area is 85.7 Å². The Kier molecular flexibility index (Phi) is 2.46. The smallest absolute Gasteiger partial charge is 0.0402 e. The highest BCUT2D eigenvalue weighted by Gasteiger charge is 2.22. The first kappa shape index (κ1) is 9.53. The van der Waals surface area contributed by atoms with Crippen LogP contribution in [0.5, 0.6) is 0 Å². The maximum Gasteiger partial charge on any atom is 0.0402 e. The lowest BCUT2D eigenvalue weighted by molar-refractivity contribution is 0.562. The molecule has 76 valence electrons. The van der Waals surface area contributed by atoms with Gasteiger partial charge < -0.3 is 10.6 Å². The summed E-state index contributed by atoms with van der Waals surface area (Å²) in [5.41, 5.74) is 8.79. The van der Waals surface area contributed by atoms with Crippen LogP contribution >= 0.6 is 0 Å². The van der Waals surface area contributed by atoms with E-state index < -0.39 is 0 Å². The Morgan fingerprint density at radius 1 is 1.36 bits per heavy atom. The highest BCUT2D eigenvalue weighted by molar-refractivity contribution is 5.56. The lowest BCUT2D eigenvalue weighted by Gasteiger charge is -2.37. The van der Waals surface area contributed by atoms with Gasteiger partial charge in [0, 0.05) is 24.3 Å². The van der Waals surface area contributed by atoms with E-state index in [0.29, 0.717) is 6.04 Å². The van der Waals surface area contributed by atoms with E-state index >= 15 is 0 Å². The Balaban J connectivity index is 2.38. The van der Waals surface area contributed by atoms with Crippen LogP contribution in [-0.4, -0.2) is 18.6 Å². The summed E-state index contributed by atoms with van der Waals surface area (Å²) in [7, 11) is 0. The number of fused-ring (bicyclic) bond motifs is 1. The molecular formula is C12H18N2. The molecular weight excluding hydrogens is 172 g/mol. The zero-order valence-corrected chi connectivity index (χ0v) is 8.90. The number of para-hydroxylation sites is 1. The first-order valence-electron chi connectivity index (χ1n) is 5.28. The van der Waals surface area contributed by atoms with Crippen molar-refractivity contribution in [1.82, 2.24) is 0 Å². The molecule has 1 heterocycles. The number of hydrogen-bond donors (Lipinski definition) is 1. The van der Waals surface area contributed by atoms with E-state index in [1.165, 1.54) is 11.3 Å². The zero-order valence-electron chi connectivity index (χ0n) is 8.90. The van der Waals surface area contributed by atoms with Crippen LogP contribution in [-0.2, 0) is 6.42 Å². The van der Waals surface area contributed by atoms with Gasteiger partial charge in [-0.2, -0.15) is 0 Å². The second-order valence-electron chi connectivity index (χ2n) is 4.34. The molecule has 2 rings (SSSR count). The van der Waals surface area contributed by atoms with Gasteiger partial charge in [-0.3, -0.25) is 0 Å². The van der Waals surface area contributed by atoms with Crippen molar-refractivity contribution in [3.8, 4) is 0 Å². The molecule has 1 aromatic carbocycles. The molecule has 0 fully saturated rings. The highest BCUT2D eigenvalue weighted by Crippen LogP contribution is 2.27. The van der Waals surface area contributed by atoms with Crippen LogP contribution < -0.4 is 10.6 Å². The van der Waals surface area contributed by atoms with E-state index in [1.807, 2.05) is 0 Å². The van der Waals surface area contributed by atoms with Crippen LogP contribution in [0.4, 0.5) is 5.69 Å². The van der Waals surface area contributed by atoms with E-state index in [9.17, 15) is 0 Å². The lowest BCUT2D eigenvalue weighted by atomic mass is 9.97. The summed E-state index contributed by atoms with van der Waals surface area (Å²) in [6.07, 6.45) is 1.01. The second-order valence-corrected chi connectivity index (χ2v) is 4.34. The summed E-state index contributed by atoms with van der Waals surface area (Å²) in [6.45, 7) is 5.42. The molecule has 2 N–H and O–H groups in total. The van der Waals surface area contributed by atoms with Gasteiger partial charge in [-0.05, 0) is 31.9 Å². The van der Waals surface area contributed by atoms with Crippen LogP contribution in [0, 0.1) is 0 Å². The van der Waals surface area contributed by atoms with Crippen molar-refractivity contribution < 1.29 is 0 Å². The molecule has 0 amide bonds. The predicted molar refractivity (Wildman–Crippen MR) is 60.6 cm³/mol. The molecule has 0 saturated carbocycles. The number of hydrogen-bond acceptors (Lipinski definition) is 2. The number of nitrogens with zero attached hydrogens (tertiary/aromatic N) is 1. The summed E-state index contributed by atoms with van der Waals surface area (Å²) >= 11 is 0. The maximum absolute atomic E-state index is 6.04. The van der Waals surface area contributed by atoms with E-state index in [-0.39, 0.29) is 6.04 Å². The van der Waals surface area contributed by atoms with Gasteiger partial charge >= 0.3 is 0 Å². The molecule has 14 heavy (non-hydrogen) atoms. The maximum atomic E-state index is 6.04. The lowest BCUT2D eigenvalue weighted by Crippen LogP contribution is -2.46. The average Bonchev–Trinajstić information content (AvgIpc) is 2.16. The van der Waals surface area contributed by atoms with E-state index in [4.69, 9.17) is 5.73 Å². The summed E-state index contributed by atoms with van der Waals surface area (Å²) < 4.78 is 0. The highest BCUT2D eigenvalue weighted by atomic mass is 15.2. The first-order valence-corrected chi connectivity index (χ1v) is 5.28. The molecule has 0 spiro atoms. The Bertz CT molecular complexity index is 320.